The lowest BCUT2D eigenvalue weighted by Gasteiger charge is -2.71. The second-order valence-electron chi connectivity index (χ2n) is 4.37. The third kappa shape index (κ3) is 0.879. The lowest BCUT2D eigenvalue weighted by Crippen LogP contribution is -2.72. The normalized spacial score (nSPS) is 43.7. The minimum Gasteiger partial charge on any atom is -0.480 e. The zero-order valence-electron chi connectivity index (χ0n) is 6.96. The van der Waals surface area contributed by atoms with Gasteiger partial charge >= 0.3 is 5.97 Å². The molecule has 3 aliphatic carbocycles. The third-order valence-electron chi connectivity index (χ3n) is 3.50. The summed E-state index contributed by atoms with van der Waals surface area (Å²) in [7, 11) is 0. The molecule has 3 aliphatic rings. The van der Waals surface area contributed by atoms with Gasteiger partial charge in [-0.2, -0.15) is 0 Å². The summed E-state index contributed by atoms with van der Waals surface area (Å²) in [6, 6.07) is -0.965. The fourth-order valence-electron chi connectivity index (χ4n) is 2.77. The van der Waals surface area contributed by atoms with Crippen molar-refractivity contribution in [1.29, 1.82) is 0 Å². The number of carboxylic acid groups (broad SMARTS) is 1. The van der Waals surface area contributed by atoms with Gasteiger partial charge in [0.2, 0.25) is 6.43 Å². The van der Waals surface area contributed by atoms with Crippen LogP contribution in [-0.4, -0.2) is 23.5 Å². The SMILES string of the molecule is N[C@H](C(=O)O)C12CC(C(F)F)(C1)C2. The zero-order valence-corrected chi connectivity index (χ0v) is 6.96. The highest BCUT2D eigenvalue weighted by Gasteiger charge is 2.74. The van der Waals surface area contributed by atoms with E-state index in [4.69, 9.17) is 10.8 Å². The molecule has 0 aromatic carbocycles. The van der Waals surface area contributed by atoms with Crippen molar-refractivity contribution < 1.29 is 18.7 Å². The van der Waals surface area contributed by atoms with Crippen molar-refractivity contribution in [3.05, 3.63) is 0 Å². The van der Waals surface area contributed by atoms with E-state index in [-0.39, 0.29) is 19.3 Å². The Morgan fingerprint density at radius 2 is 1.77 bits per heavy atom. The maximum Gasteiger partial charge on any atom is 0.321 e. The first-order valence-corrected chi connectivity index (χ1v) is 4.18. The van der Waals surface area contributed by atoms with E-state index < -0.39 is 29.3 Å². The molecule has 13 heavy (non-hydrogen) atoms. The predicted molar refractivity (Wildman–Crippen MR) is 40.3 cm³/mol. The summed E-state index contributed by atoms with van der Waals surface area (Å²) in [6.07, 6.45) is -1.48. The van der Waals surface area contributed by atoms with Gasteiger partial charge in [0, 0.05) is 5.41 Å². The molecule has 0 aromatic heterocycles. The number of nitrogens with two attached hydrogens (primary N) is 1. The van der Waals surface area contributed by atoms with Gasteiger partial charge in [0.1, 0.15) is 6.04 Å². The predicted octanol–water partition coefficient (Wildman–Crippen LogP) is 0.834. The number of halogens is 2. The van der Waals surface area contributed by atoms with Crippen molar-refractivity contribution in [2.24, 2.45) is 16.6 Å². The summed E-state index contributed by atoms with van der Waals surface area (Å²) in [5.74, 6) is -1.08. The van der Waals surface area contributed by atoms with Gasteiger partial charge in [0.15, 0.2) is 0 Å². The molecule has 3 nitrogen and oxygen atoms in total. The van der Waals surface area contributed by atoms with Gasteiger partial charge < -0.3 is 10.8 Å². The van der Waals surface area contributed by atoms with E-state index in [1.165, 1.54) is 0 Å². The first-order valence-electron chi connectivity index (χ1n) is 4.18. The highest BCUT2D eigenvalue weighted by atomic mass is 19.3. The number of hydrogen-bond donors (Lipinski definition) is 2. The van der Waals surface area contributed by atoms with E-state index in [0.29, 0.717) is 0 Å². The van der Waals surface area contributed by atoms with Crippen molar-refractivity contribution in [1.82, 2.24) is 0 Å². The standard InChI is InChI=1S/C8H11F2NO2/c9-6(10)8-1-7(2-8,3-8)4(11)5(12)13/h4,6H,1-3,11H2,(H,12,13)/t4-,7?,8?/m1/s1. The third-order valence-corrected chi connectivity index (χ3v) is 3.50. The van der Waals surface area contributed by atoms with Crippen molar-refractivity contribution in [2.75, 3.05) is 0 Å². The molecule has 3 saturated carbocycles. The van der Waals surface area contributed by atoms with Gasteiger partial charge in [-0.05, 0) is 24.7 Å². The van der Waals surface area contributed by atoms with Crippen molar-refractivity contribution >= 4 is 5.97 Å². The van der Waals surface area contributed by atoms with E-state index in [0.717, 1.165) is 0 Å². The Morgan fingerprint density at radius 1 is 1.31 bits per heavy atom. The topological polar surface area (TPSA) is 63.3 Å². The summed E-state index contributed by atoms with van der Waals surface area (Å²) in [6.45, 7) is 0. The molecule has 0 aromatic rings. The van der Waals surface area contributed by atoms with Crippen LogP contribution < -0.4 is 5.73 Å². The monoisotopic (exact) mass is 191 g/mol. The second-order valence-corrected chi connectivity index (χ2v) is 4.37. The molecular formula is C8H11F2NO2. The molecule has 0 amide bonds. The molecule has 1 atom stereocenters. The number of carbonyl (C=O) groups is 1. The van der Waals surface area contributed by atoms with E-state index in [1.54, 1.807) is 0 Å². The highest BCUT2D eigenvalue weighted by Crippen LogP contribution is 2.76. The van der Waals surface area contributed by atoms with E-state index in [9.17, 15) is 13.6 Å². The summed E-state index contributed by atoms with van der Waals surface area (Å²) in [4.78, 5) is 10.5. The zero-order chi connectivity index (χ0) is 9.85. The summed E-state index contributed by atoms with van der Waals surface area (Å²) in [5.41, 5.74) is 4.02. The molecule has 0 saturated heterocycles. The molecule has 3 fully saturated rings. The Morgan fingerprint density at radius 3 is 2.08 bits per heavy atom. The average Bonchev–Trinajstić information content (AvgIpc) is 1.79. The summed E-state index contributed by atoms with van der Waals surface area (Å²) < 4.78 is 24.7. The summed E-state index contributed by atoms with van der Waals surface area (Å²) >= 11 is 0. The van der Waals surface area contributed by atoms with Crippen LogP contribution in [0.15, 0.2) is 0 Å². The average molecular weight is 191 g/mol. The first-order chi connectivity index (χ1) is 5.92. The van der Waals surface area contributed by atoms with Crippen LogP contribution in [0.5, 0.6) is 0 Å². The Kier molecular flexibility index (Phi) is 1.50. The maximum absolute atomic E-state index is 12.3. The Labute approximate surface area is 73.9 Å². The van der Waals surface area contributed by atoms with Crippen LogP contribution in [0.4, 0.5) is 8.78 Å². The molecule has 0 unspecified atom stereocenters. The molecule has 0 radical (unpaired) electrons. The van der Waals surface area contributed by atoms with Crippen LogP contribution in [0.1, 0.15) is 19.3 Å². The number of alkyl halides is 2. The molecule has 2 bridgehead atoms. The lowest BCUT2D eigenvalue weighted by molar-refractivity contribution is -0.274. The van der Waals surface area contributed by atoms with E-state index in [2.05, 4.69) is 0 Å². The van der Waals surface area contributed by atoms with Crippen LogP contribution in [0.3, 0.4) is 0 Å². The van der Waals surface area contributed by atoms with Crippen LogP contribution in [0.2, 0.25) is 0 Å². The highest BCUT2D eigenvalue weighted by molar-refractivity contribution is 5.75. The Hall–Kier alpha value is -0.710. The van der Waals surface area contributed by atoms with Crippen molar-refractivity contribution in [3.8, 4) is 0 Å². The molecule has 3 rings (SSSR count). The Balaban J connectivity index is 2.00. The van der Waals surface area contributed by atoms with Crippen LogP contribution in [0, 0.1) is 10.8 Å². The van der Waals surface area contributed by atoms with E-state index in [1.807, 2.05) is 0 Å². The van der Waals surface area contributed by atoms with Crippen LogP contribution in [-0.2, 0) is 4.79 Å². The van der Waals surface area contributed by atoms with Crippen molar-refractivity contribution in [3.63, 3.8) is 0 Å². The molecular weight excluding hydrogens is 180 g/mol. The van der Waals surface area contributed by atoms with E-state index >= 15 is 0 Å². The fraction of sp³-hybridized carbons (Fsp3) is 0.875. The van der Waals surface area contributed by atoms with Gasteiger partial charge in [-0.1, -0.05) is 0 Å². The Bertz CT molecular complexity index is 247. The smallest absolute Gasteiger partial charge is 0.321 e. The van der Waals surface area contributed by atoms with Gasteiger partial charge in [0.05, 0.1) is 0 Å². The fourth-order valence-corrected chi connectivity index (χ4v) is 2.77. The summed E-state index contributed by atoms with van der Waals surface area (Å²) in [5, 5.41) is 8.62. The van der Waals surface area contributed by atoms with Gasteiger partial charge in [0.25, 0.3) is 0 Å². The number of hydrogen-bond acceptors (Lipinski definition) is 2. The molecule has 0 aliphatic heterocycles. The largest absolute Gasteiger partial charge is 0.480 e. The number of rotatable bonds is 3. The molecule has 5 heteroatoms. The number of aliphatic carboxylic acids is 1. The minimum atomic E-state index is -2.32. The molecule has 0 heterocycles. The van der Waals surface area contributed by atoms with Gasteiger partial charge in [-0.3, -0.25) is 4.79 Å². The van der Waals surface area contributed by atoms with Gasteiger partial charge in [-0.15, -0.1) is 0 Å². The molecule has 74 valence electrons. The van der Waals surface area contributed by atoms with Gasteiger partial charge in [-0.25, -0.2) is 8.78 Å². The number of carboxylic acids is 1. The first kappa shape index (κ1) is 8.87. The lowest BCUT2D eigenvalue weighted by atomic mass is 9.33. The molecule has 3 N–H and O–H groups in total. The van der Waals surface area contributed by atoms with Crippen LogP contribution >= 0.6 is 0 Å². The quantitative estimate of drug-likeness (QED) is 0.694. The minimum absolute atomic E-state index is 0.283. The maximum atomic E-state index is 12.3. The second kappa shape index (κ2) is 2.20. The molecule has 0 spiro atoms. The van der Waals surface area contributed by atoms with Crippen LogP contribution in [0.25, 0.3) is 0 Å². The van der Waals surface area contributed by atoms with Crippen molar-refractivity contribution in [2.45, 2.75) is 31.7 Å².